The number of aromatic hydroxyl groups is 1. The number of rotatable bonds is 3. The predicted molar refractivity (Wildman–Crippen MR) is 77.0 cm³/mol. The van der Waals surface area contributed by atoms with E-state index in [0.29, 0.717) is 18.2 Å². The highest BCUT2D eigenvalue weighted by Crippen LogP contribution is 2.27. The topological polar surface area (TPSA) is 75.4 Å². The molecule has 0 saturated heterocycles. The van der Waals surface area contributed by atoms with Crippen LogP contribution in [0.2, 0.25) is 0 Å². The Kier molecular flexibility index (Phi) is 3.64. The number of benzene rings is 1. The largest absolute Gasteiger partial charge is 0.508 e. The van der Waals surface area contributed by atoms with Gasteiger partial charge in [-0.25, -0.2) is 0 Å². The van der Waals surface area contributed by atoms with Crippen molar-refractivity contribution >= 4 is 5.91 Å². The third kappa shape index (κ3) is 2.91. The van der Waals surface area contributed by atoms with Gasteiger partial charge in [-0.1, -0.05) is 24.2 Å². The predicted octanol–water partition coefficient (Wildman–Crippen LogP) is 2.44. The van der Waals surface area contributed by atoms with Crippen molar-refractivity contribution in [2.45, 2.75) is 32.7 Å². The van der Waals surface area contributed by atoms with Gasteiger partial charge >= 0.3 is 0 Å². The van der Waals surface area contributed by atoms with Crippen LogP contribution in [0.3, 0.4) is 0 Å². The van der Waals surface area contributed by atoms with E-state index in [1.807, 2.05) is 6.07 Å². The summed E-state index contributed by atoms with van der Waals surface area (Å²) in [6.45, 7) is 2.52. The normalized spacial score (nSPS) is 17.3. The molecule has 21 heavy (non-hydrogen) atoms. The van der Waals surface area contributed by atoms with Gasteiger partial charge in [0.25, 0.3) is 5.91 Å². The van der Waals surface area contributed by atoms with Gasteiger partial charge in [-0.3, -0.25) is 4.79 Å². The number of amides is 1. The molecule has 1 unspecified atom stereocenters. The lowest BCUT2D eigenvalue weighted by molar-refractivity contribution is 0.0941. The van der Waals surface area contributed by atoms with Crippen LogP contribution in [0, 0.1) is 5.92 Å². The quantitative estimate of drug-likeness (QED) is 0.908. The van der Waals surface area contributed by atoms with Gasteiger partial charge in [0.2, 0.25) is 0 Å². The lowest BCUT2D eigenvalue weighted by Crippen LogP contribution is -2.25. The summed E-state index contributed by atoms with van der Waals surface area (Å²) in [7, 11) is 0. The Balaban J connectivity index is 1.70. The molecule has 0 spiro atoms. The summed E-state index contributed by atoms with van der Waals surface area (Å²) in [5.74, 6) is 1.36. The molecule has 1 amide bonds. The SMILES string of the molecule is CC1CCc2onc(C(=O)NCc3cccc(O)c3)c2C1. The first kappa shape index (κ1) is 13.7. The van der Waals surface area contributed by atoms with E-state index in [2.05, 4.69) is 17.4 Å². The van der Waals surface area contributed by atoms with Crippen molar-refractivity contribution in [3.05, 3.63) is 46.8 Å². The summed E-state index contributed by atoms with van der Waals surface area (Å²) < 4.78 is 5.28. The first-order valence-electron chi connectivity index (χ1n) is 7.17. The molecule has 1 atom stereocenters. The number of phenolic OH excluding ortho intramolecular Hbond substituents is 1. The number of nitrogens with zero attached hydrogens (tertiary/aromatic N) is 1. The Morgan fingerprint density at radius 2 is 2.38 bits per heavy atom. The maximum atomic E-state index is 12.2. The maximum Gasteiger partial charge on any atom is 0.274 e. The molecule has 0 saturated carbocycles. The van der Waals surface area contributed by atoms with Gasteiger partial charge in [0.05, 0.1) is 0 Å². The highest BCUT2D eigenvalue weighted by atomic mass is 16.5. The van der Waals surface area contributed by atoms with E-state index in [9.17, 15) is 9.90 Å². The van der Waals surface area contributed by atoms with E-state index in [1.54, 1.807) is 18.2 Å². The zero-order valence-electron chi connectivity index (χ0n) is 11.9. The van der Waals surface area contributed by atoms with Crippen LogP contribution in [0.1, 0.15) is 40.7 Å². The van der Waals surface area contributed by atoms with Gasteiger partial charge in [0.15, 0.2) is 5.69 Å². The van der Waals surface area contributed by atoms with Crippen LogP contribution < -0.4 is 5.32 Å². The van der Waals surface area contributed by atoms with Crippen molar-refractivity contribution in [2.24, 2.45) is 5.92 Å². The fourth-order valence-corrected chi connectivity index (χ4v) is 2.69. The Bertz CT molecular complexity index is 663. The molecular formula is C16H18N2O3. The van der Waals surface area contributed by atoms with Crippen LogP contribution >= 0.6 is 0 Å². The van der Waals surface area contributed by atoms with Gasteiger partial charge in [0, 0.05) is 18.5 Å². The minimum Gasteiger partial charge on any atom is -0.508 e. The number of nitrogens with one attached hydrogen (secondary N) is 1. The molecule has 2 aromatic rings. The van der Waals surface area contributed by atoms with E-state index in [1.165, 1.54) is 0 Å². The molecule has 0 bridgehead atoms. The molecule has 5 heteroatoms. The fourth-order valence-electron chi connectivity index (χ4n) is 2.69. The Hall–Kier alpha value is -2.30. The van der Waals surface area contributed by atoms with Crippen LogP contribution in [0.4, 0.5) is 0 Å². The Morgan fingerprint density at radius 1 is 1.52 bits per heavy atom. The van der Waals surface area contributed by atoms with Crippen molar-refractivity contribution in [2.75, 3.05) is 0 Å². The molecule has 1 aliphatic rings. The van der Waals surface area contributed by atoms with Crippen LogP contribution in [0.15, 0.2) is 28.8 Å². The second-order valence-electron chi connectivity index (χ2n) is 5.63. The van der Waals surface area contributed by atoms with E-state index in [-0.39, 0.29) is 11.7 Å². The standard InChI is InChI=1S/C16H18N2O3/c1-10-5-6-14-13(7-10)15(18-21-14)16(20)17-9-11-3-2-4-12(19)8-11/h2-4,8,10,19H,5-7,9H2,1H3,(H,17,20). The molecule has 1 aromatic heterocycles. The number of carbonyl (C=O) groups is 1. The highest BCUT2D eigenvalue weighted by Gasteiger charge is 2.26. The smallest absolute Gasteiger partial charge is 0.274 e. The molecule has 110 valence electrons. The number of aromatic nitrogens is 1. The zero-order chi connectivity index (χ0) is 14.8. The average molecular weight is 286 g/mol. The molecule has 3 rings (SSSR count). The Labute approximate surface area is 123 Å². The van der Waals surface area contributed by atoms with Gasteiger partial charge in [0.1, 0.15) is 11.5 Å². The lowest BCUT2D eigenvalue weighted by Gasteiger charge is -2.16. The average Bonchev–Trinajstić information content (AvgIpc) is 2.88. The number of carbonyl (C=O) groups excluding carboxylic acids is 1. The number of fused-ring (bicyclic) bond motifs is 1. The number of phenols is 1. The van der Waals surface area contributed by atoms with Gasteiger partial charge in [-0.15, -0.1) is 0 Å². The number of hydrogen-bond acceptors (Lipinski definition) is 4. The number of hydrogen-bond donors (Lipinski definition) is 2. The van der Waals surface area contributed by atoms with Crippen LogP contribution in [0.25, 0.3) is 0 Å². The van der Waals surface area contributed by atoms with Crippen LogP contribution in [-0.2, 0) is 19.4 Å². The summed E-state index contributed by atoms with van der Waals surface area (Å²) in [5.41, 5.74) is 2.19. The fraction of sp³-hybridized carbons (Fsp3) is 0.375. The highest BCUT2D eigenvalue weighted by molar-refractivity contribution is 5.93. The van der Waals surface area contributed by atoms with E-state index in [0.717, 1.165) is 36.1 Å². The van der Waals surface area contributed by atoms with E-state index < -0.39 is 0 Å². The number of aryl methyl sites for hydroxylation is 1. The molecule has 0 fully saturated rings. The second kappa shape index (κ2) is 5.60. The summed E-state index contributed by atoms with van der Waals surface area (Å²) in [4.78, 5) is 12.2. The minimum atomic E-state index is -0.225. The first-order valence-corrected chi connectivity index (χ1v) is 7.17. The molecular weight excluding hydrogens is 268 g/mol. The molecule has 0 radical (unpaired) electrons. The van der Waals surface area contributed by atoms with Gasteiger partial charge < -0.3 is 14.9 Å². The van der Waals surface area contributed by atoms with Crippen molar-refractivity contribution in [1.82, 2.24) is 10.5 Å². The molecule has 2 N–H and O–H groups in total. The third-order valence-corrected chi connectivity index (χ3v) is 3.87. The van der Waals surface area contributed by atoms with Crippen LogP contribution in [-0.4, -0.2) is 16.2 Å². The van der Waals surface area contributed by atoms with Gasteiger partial charge in [-0.2, -0.15) is 0 Å². The van der Waals surface area contributed by atoms with E-state index in [4.69, 9.17) is 4.52 Å². The van der Waals surface area contributed by atoms with E-state index >= 15 is 0 Å². The molecule has 1 heterocycles. The van der Waals surface area contributed by atoms with Crippen molar-refractivity contribution in [3.8, 4) is 5.75 Å². The molecule has 1 aliphatic carbocycles. The van der Waals surface area contributed by atoms with Gasteiger partial charge in [-0.05, 0) is 36.5 Å². The second-order valence-corrected chi connectivity index (χ2v) is 5.63. The molecule has 1 aromatic carbocycles. The first-order chi connectivity index (χ1) is 10.1. The zero-order valence-corrected chi connectivity index (χ0v) is 11.9. The monoisotopic (exact) mass is 286 g/mol. The summed E-state index contributed by atoms with van der Waals surface area (Å²) in [6, 6.07) is 6.82. The van der Waals surface area contributed by atoms with Crippen molar-refractivity contribution in [1.29, 1.82) is 0 Å². The molecule has 5 nitrogen and oxygen atoms in total. The molecule has 0 aliphatic heterocycles. The van der Waals surface area contributed by atoms with Crippen molar-refractivity contribution < 1.29 is 14.4 Å². The van der Waals surface area contributed by atoms with Crippen LogP contribution in [0.5, 0.6) is 5.75 Å². The minimum absolute atomic E-state index is 0.189. The third-order valence-electron chi connectivity index (χ3n) is 3.87. The Morgan fingerprint density at radius 3 is 3.19 bits per heavy atom. The maximum absolute atomic E-state index is 12.2. The summed E-state index contributed by atoms with van der Waals surface area (Å²) >= 11 is 0. The summed E-state index contributed by atoms with van der Waals surface area (Å²) in [5, 5.41) is 16.2. The summed E-state index contributed by atoms with van der Waals surface area (Å²) in [6.07, 6.45) is 2.77. The van der Waals surface area contributed by atoms with Crippen molar-refractivity contribution in [3.63, 3.8) is 0 Å². The lowest BCUT2D eigenvalue weighted by atomic mass is 9.88.